The third-order valence-electron chi connectivity index (χ3n) is 4.98. The molecular weight excluding hydrogens is 258 g/mol. The van der Waals surface area contributed by atoms with Gasteiger partial charge >= 0.3 is 0 Å². The van der Waals surface area contributed by atoms with Crippen molar-refractivity contribution in [1.29, 1.82) is 0 Å². The Bertz CT molecular complexity index is 501. The van der Waals surface area contributed by atoms with E-state index in [1.807, 2.05) is 18.2 Å². The minimum Gasteiger partial charge on any atom is -0.393 e. The summed E-state index contributed by atoms with van der Waals surface area (Å²) >= 11 is 0. The number of rotatable bonds is 2. The number of benzene rings is 1. The minimum atomic E-state index is -0.0913. The van der Waals surface area contributed by atoms with Crippen LogP contribution in [0.3, 0.4) is 0 Å². The number of hydrogen-bond acceptors (Lipinski definition) is 2. The van der Waals surface area contributed by atoms with Crippen LogP contribution in [0.4, 0.5) is 0 Å². The first kappa shape index (κ1) is 14.6. The Morgan fingerprint density at radius 1 is 1.05 bits per heavy atom. The molecule has 1 aliphatic carbocycles. The van der Waals surface area contributed by atoms with Crippen molar-refractivity contribution in [3.63, 3.8) is 0 Å². The molecule has 3 rings (SSSR count). The van der Waals surface area contributed by atoms with Crippen molar-refractivity contribution in [2.45, 2.75) is 50.7 Å². The first-order valence-corrected chi connectivity index (χ1v) is 8.30. The Morgan fingerprint density at radius 3 is 2.67 bits per heavy atom. The average Bonchev–Trinajstić information content (AvgIpc) is 2.97. The van der Waals surface area contributed by atoms with Crippen molar-refractivity contribution >= 4 is 0 Å². The van der Waals surface area contributed by atoms with Crippen LogP contribution in [0.2, 0.25) is 0 Å². The fourth-order valence-electron chi connectivity index (χ4n) is 3.89. The maximum Gasteiger partial charge on any atom is 0.0607 e. The maximum atomic E-state index is 10.3. The highest BCUT2D eigenvalue weighted by Crippen LogP contribution is 2.34. The highest BCUT2D eigenvalue weighted by atomic mass is 16.3. The molecule has 1 aromatic rings. The molecule has 1 saturated carbocycles. The highest BCUT2D eigenvalue weighted by molar-refractivity contribution is 5.33. The third-order valence-corrected chi connectivity index (χ3v) is 4.98. The van der Waals surface area contributed by atoms with Gasteiger partial charge in [0.25, 0.3) is 0 Å². The number of hydrogen-bond donors (Lipinski definition) is 1. The smallest absolute Gasteiger partial charge is 0.0607 e. The van der Waals surface area contributed by atoms with Crippen molar-refractivity contribution in [3.8, 4) is 11.8 Å². The molecule has 1 saturated heterocycles. The molecule has 0 bridgehead atoms. The van der Waals surface area contributed by atoms with E-state index in [0.717, 1.165) is 25.1 Å². The Kier molecular flexibility index (Phi) is 4.95. The van der Waals surface area contributed by atoms with E-state index < -0.39 is 0 Å². The SMILES string of the molecule is OC1CCCCC1C1CCCN1CC#Cc1ccccc1. The predicted octanol–water partition coefficient (Wildman–Crippen LogP) is 3.05. The molecule has 0 radical (unpaired) electrons. The van der Waals surface area contributed by atoms with Crippen LogP contribution >= 0.6 is 0 Å². The van der Waals surface area contributed by atoms with Crippen LogP contribution in [0.25, 0.3) is 0 Å². The molecule has 3 unspecified atom stereocenters. The van der Waals surface area contributed by atoms with Gasteiger partial charge in [-0.25, -0.2) is 0 Å². The molecule has 2 aliphatic rings. The van der Waals surface area contributed by atoms with Gasteiger partial charge in [0, 0.05) is 17.5 Å². The standard InChI is InChI=1S/C19H25NO/c21-19-13-5-4-11-17(19)18-12-7-15-20(18)14-6-10-16-8-2-1-3-9-16/h1-3,8-9,17-19,21H,4-5,7,11-15H2. The molecule has 0 aromatic heterocycles. The number of likely N-dealkylation sites (tertiary alicyclic amines) is 1. The van der Waals surface area contributed by atoms with E-state index >= 15 is 0 Å². The summed E-state index contributed by atoms with van der Waals surface area (Å²) in [6, 6.07) is 10.7. The molecular formula is C19H25NO. The summed E-state index contributed by atoms with van der Waals surface area (Å²) in [5, 5.41) is 10.3. The van der Waals surface area contributed by atoms with Gasteiger partial charge in [-0.1, -0.05) is 42.9 Å². The first-order valence-electron chi connectivity index (χ1n) is 8.30. The Morgan fingerprint density at radius 2 is 1.86 bits per heavy atom. The van der Waals surface area contributed by atoms with Crippen LogP contribution in [0.1, 0.15) is 44.1 Å². The van der Waals surface area contributed by atoms with Crippen LogP contribution in [0, 0.1) is 17.8 Å². The van der Waals surface area contributed by atoms with Crippen molar-refractivity contribution < 1.29 is 5.11 Å². The summed E-state index contributed by atoms with van der Waals surface area (Å²) in [6.07, 6.45) is 7.04. The minimum absolute atomic E-state index is 0.0913. The molecule has 1 aliphatic heterocycles. The highest BCUT2D eigenvalue weighted by Gasteiger charge is 2.36. The Balaban J connectivity index is 1.61. The summed E-state index contributed by atoms with van der Waals surface area (Å²) in [4.78, 5) is 2.50. The molecule has 1 heterocycles. The molecule has 0 amide bonds. The normalized spacial score (nSPS) is 29.9. The van der Waals surface area contributed by atoms with Gasteiger partial charge in [0.05, 0.1) is 12.6 Å². The van der Waals surface area contributed by atoms with Gasteiger partial charge in [-0.05, 0) is 44.4 Å². The zero-order chi connectivity index (χ0) is 14.5. The van der Waals surface area contributed by atoms with Crippen LogP contribution in [-0.2, 0) is 0 Å². The summed E-state index contributed by atoms with van der Waals surface area (Å²) in [5.74, 6) is 7.05. The zero-order valence-electron chi connectivity index (χ0n) is 12.7. The van der Waals surface area contributed by atoms with E-state index in [1.165, 1.54) is 32.1 Å². The largest absolute Gasteiger partial charge is 0.393 e. The zero-order valence-corrected chi connectivity index (χ0v) is 12.7. The van der Waals surface area contributed by atoms with Crippen molar-refractivity contribution in [2.24, 2.45) is 5.92 Å². The third kappa shape index (κ3) is 3.67. The summed E-state index contributed by atoms with van der Waals surface area (Å²) < 4.78 is 0. The molecule has 1 aromatic carbocycles. The number of nitrogens with zero attached hydrogens (tertiary/aromatic N) is 1. The van der Waals surface area contributed by atoms with Crippen LogP contribution < -0.4 is 0 Å². The number of aliphatic hydroxyl groups is 1. The predicted molar refractivity (Wildman–Crippen MR) is 85.9 cm³/mol. The second-order valence-electron chi connectivity index (χ2n) is 6.36. The van der Waals surface area contributed by atoms with Crippen molar-refractivity contribution in [3.05, 3.63) is 35.9 Å². The van der Waals surface area contributed by atoms with Crippen molar-refractivity contribution in [1.82, 2.24) is 4.90 Å². The van der Waals surface area contributed by atoms with Gasteiger partial charge < -0.3 is 5.11 Å². The van der Waals surface area contributed by atoms with E-state index in [-0.39, 0.29) is 6.10 Å². The maximum absolute atomic E-state index is 10.3. The molecule has 1 N–H and O–H groups in total. The van der Waals surface area contributed by atoms with Crippen LogP contribution in [0.5, 0.6) is 0 Å². The lowest BCUT2D eigenvalue weighted by Gasteiger charge is -2.36. The second-order valence-corrected chi connectivity index (χ2v) is 6.36. The van der Waals surface area contributed by atoms with E-state index in [1.54, 1.807) is 0 Å². The fourth-order valence-corrected chi connectivity index (χ4v) is 3.89. The van der Waals surface area contributed by atoms with Crippen LogP contribution in [-0.4, -0.2) is 35.2 Å². The Labute approximate surface area is 128 Å². The van der Waals surface area contributed by atoms with E-state index in [9.17, 15) is 5.11 Å². The van der Waals surface area contributed by atoms with Gasteiger partial charge in [-0.15, -0.1) is 0 Å². The average molecular weight is 283 g/mol. The number of aliphatic hydroxyl groups excluding tert-OH is 1. The molecule has 3 atom stereocenters. The van der Waals surface area contributed by atoms with Gasteiger partial charge in [-0.2, -0.15) is 0 Å². The van der Waals surface area contributed by atoms with E-state index in [0.29, 0.717) is 12.0 Å². The molecule has 2 fully saturated rings. The van der Waals surface area contributed by atoms with E-state index in [2.05, 4.69) is 28.9 Å². The summed E-state index contributed by atoms with van der Waals surface area (Å²) in [6.45, 7) is 1.97. The van der Waals surface area contributed by atoms with E-state index in [4.69, 9.17) is 0 Å². The monoisotopic (exact) mass is 283 g/mol. The van der Waals surface area contributed by atoms with Crippen LogP contribution in [0.15, 0.2) is 30.3 Å². The lowest BCUT2D eigenvalue weighted by molar-refractivity contribution is 0.0254. The summed E-state index contributed by atoms with van der Waals surface area (Å²) in [5.41, 5.74) is 1.09. The quantitative estimate of drug-likeness (QED) is 0.843. The topological polar surface area (TPSA) is 23.5 Å². The molecule has 0 spiro atoms. The fraction of sp³-hybridized carbons (Fsp3) is 0.579. The molecule has 112 valence electrons. The van der Waals surface area contributed by atoms with Gasteiger partial charge in [0.1, 0.15) is 0 Å². The molecule has 2 nitrogen and oxygen atoms in total. The van der Waals surface area contributed by atoms with Gasteiger partial charge in [0.2, 0.25) is 0 Å². The first-order chi connectivity index (χ1) is 10.3. The molecule has 21 heavy (non-hydrogen) atoms. The Hall–Kier alpha value is -1.30. The van der Waals surface area contributed by atoms with Crippen molar-refractivity contribution in [2.75, 3.05) is 13.1 Å². The second kappa shape index (κ2) is 7.11. The van der Waals surface area contributed by atoms with Gasteiger partial charge in [-0.3, -0.25) is 4.90 Å². The molecule has 2 heteroatoms. The summed E-state index contributed by atoms with van der Waals surface area (Å²) in [7, 11) is 0. The van der Waals surface area contributed by atoms with Gasteiger partial charge in [0.15, 0.2) is 0 Å². The lowest BCUT2D eigenvalue weighted by atomic mass is 9.80. The lowest BCUT2D eigenvalue weighted by Crippen LogP contribution is -2.42.